The lowest BCUT2D eigenvalue weighted by Crippen LogP contribution is -1.97. The van der Waals surface area contributed by atoms with Gasteiger partial charge >= 0.3 is 0 Å². The fraction of sp³-hybridized carbons (Fsp3) is 0.211. The molecular formula is C19H18ClN5OS. The Labute approximate surface area is 165 Å². The second kappa shape index (κ2) is 7.94. The molecule has 1 N–H and O–H groups in total. The number of anilines is 2. The highest BCUT2D eigenvalue weighted by Crippen LogP contribution is 2.29. The molecule has 4 aromatic rings. The zero-order valence-corrected chi connectivity index (χ0v) is 16.3. The lowest BCUT2D eigenvalue weighted by Gasteiger charge is -2.05. The van der Waals surface area contributed by atoms with Gasteiger partial charge in [0, 0.05) is 5.56 Å². The highest BCUT2D eigenvalue weighted by atomic mass is 35.5. The Balaban J connectivity index is 1.56. The standard InChI is InChI=1S/C19H18ClN5OS/c1-2-3-12-26-14-10-8-13(9-11-14)17-22-23-19-25(17)24-18(27-19)21-16-7-5-4-6-15(16)20/h4-11H,2-3,12H2,1H3,(H,21,24). The lowest BCUT2D eigenvalue weighted by atomic mass is 10.2. The summed E-state index contributed by atoms with van der Waals surface area (Å²) in [6, 6.07) is 15.4. The van der Waals surface area contributed by atoms with Gasteiger partial charge in [0.1, 0.15) is 5.75 Å². The Morgan fingerprint density at radius 2 is 1.93 bits per heavy atom. The van der Waals surface area contributed by atoms with Crippen molar-refractivity contribution in [1.29, 1.82) is 0 Å². The molecule has 0 aliphatic carbocycles. The predicted octanol–water partition coefficient (Wildman–Crippen LogP) is 5.43. The second-order valence-electron chi connectivity index (χ2n) is 5.96. The maximum Gasteiger partial charge on any atom is 0.236 e. The van der Waals surface area contributed by atoms with Crippen molar-refractivity contribution in [1.82, 2.24) is 19.8 Å². The van der Waals surface area contributed by atoms with E-state index in [-0.39, 0.29) is 0 Å². The van der Waals surface area contributed by atoms with Crippen LogP contribution in [0.1, 0.15) is 19.8 Å². The number of hydrogen-bond donors (Lipinski definition) is 1. The van der Waals surface area contributed by atoms with Gasteiger partial charge in [0.15, 0.2) is 5.82 Å². The molecule has 0 atom stereocenters. The fourth-order valence-corrected chi connectivity index (χ4v) is 3.49. The number of para-hydroxylation sites is 1. The molecule has 2 aromatic carbocycles. The van der Waals surface area contributed by atoms with Gasteiger partial charge in [0.2, 0.25) is 10.1 Å². The molecule has 138 valence electrons. The summed E-state index contributed by atoms with van der Waals surface area (Å²) >= 11 is 7.62. The molecule has 0 spiro atoms. The minimum absolute atomic E-state index is 0.641. The number of fused-ring (bicyclic) bond motifs is 1. The van der Waals surface area contributed by atoms with E-state index in [2.05, 4.69) is 27.5 Å². The van der Waals surface area contributed by atoms with Crippen LogP contribution >= 0.6 is 22.9 Å². The van der Waals surface area contributed by atoms with Gasteiger partial charge in [-0.2, -0.15) is 4.52 Å². The predicted molar refractivity (Wildman–Crippen MR) is 109 cm³/mol. The van der Waals surface area contributed by atoms with Crippen LogP contribution in [0.15, 0.2) is 48.5 Å². The molecular weight excluding hydrogens is 382 g/mol. The van der Waals surface area contributed by atoms with E-state index in [4.69, 9.17) is 16.3 Å². The van der Waals surface area contributed by atoms with Gasteiger partial charge in [-0.25, -0.2) is 0 Å². The summed E-state index contributed by atoms with van der Waals surface area (Å²) in [6.45, 7) is 2.87. The first kappa shape index (κ1) is 17.8. The average Bonchev–Trinajstić information content (AvgIpc) is 3.25. The van der Waals surface area contributed by atoms with E-state index in [0.717, 1.165) is 36.4 Å². The first-order chi connectivity index (χ1) is 13.2. The number of hydrogen-bond acceptors (Lipinski definition) is 6. The van der Waals surface area contributed by atoms with E-state index in [1.807, 2.05) is 48.5 Å². The average molecular weight is 400 g/mol. The number of halogens is 1. The summed E-state index contributed by atoms with van der Waals surface area (Å²) in [5.74, 6) is 1.54. The van der Waals surface area contributed by atoms with Crippen LogP contribution in [-0.4, -0.2) is 26.4 Å². The van der Waals surface area contributed by atoms with E-state index in [1.165, 1.54) is 11.3 Å². The Bertz CT molecular complexity index is 1040. The number of aromatic nitrogens is 4. The third kappa shape index (κ3) is 3.89. The molecule has 0 bridgehead atoms. The Morgan fingerprint density at radius 1 is 1.11 bits per heavy atom. The third-order valence-corrected chi connectivity index (χ3v) is 5.13. The quantitative estimate of drug-likeness (QED) is 0.420. The van der Waals surface area contributed by atoms with Gasteiger partial charge in [0.25, 0.3) is 0 Å². The topological polar surface area (TPSA) is 64.3 Å². The van der Waals surface area contributed by atoms with Crippen LogP contribution in [0.25, 0.3) is 16.3 Å². The summed E-state index contributed by atoms with van der Waals surface area (Å²) in [5.41, 5.74) is 1.74. The van der Waals surface area contributed by atoms with Crippen molar-refractivity contribution >= 4 is 38.7 Å². The smallest absolute Gasteiger partial charge is 0.236 e. The molecule has 0 saturated carbocycles. The van der Waals surface area contributed by atoms with Gasteiger partial charge in [-0.15, -0.1) is 15.3 Å². The van der Waals surface area contributed by atoms with Crippen LogP contribution in [0.4, 0.5) is 10.8 Å². The first-order valence-corrected chi connectivity index (χ1v) is 9.91. The largest absolute Gasteiger partial charge is 0.494 e. The molecule has 6 nitrogen and oxygen atoms in total. The maximum atomic E-state index is 6.20. The van der Waals surface area contributed by atoms with Crippen molar-refractivity contribution in [2.45, 2.75) is 19.8 Å². The normalized spacial score (nSPS) is 11.0. The minimum Gasteiger partial charge on any atom is -0.494 e. The third-order valence-electron chi connectivity index (χ3n) is 3.99. The number of benzene rings is 2. The zero-order chi connectivity index (χ0) is 18.6. The van der Waals surface area contributed by atoms with Crippen LogP contribution < -0.4 is 10.1 Å². The Morgan fingerprint density at radius 3 is 2.70 bits per heavy atom. The van der Waals surface area contributed by atoms with E-state index >= 15 is 0 Å². The molecule has 0 saturated heterocycles. The van der Waals surface area contributed by atoms with Gasteiger partial charge in [-0.05, 0) is 42.8 Å². The van der Waals surface area contributed by atoms with Gasteiger partial charge < -0.3 is 10.1 Å². The number of rotatable bonds is 7. The molecule has 2 heterocycles. The van der Waals surface area contributed by atoms with Crippen LogP contribution in [0, 0.1) is 0 Å². The molecule has 0 fully saturated rings. The Hall–Kier alpha value is -2.64. The molecule has 0 unspecified atom stereocenters. The Kier molecular flexibility index (Phi) is 5.22. The highest BCUT2D eigenvalue weighted by Gasteiger charge is 2.14. The molecule has 0 radical (unpaired) electrons. The van der Waals surface area contributed by atoms with E-state index in [1.54, 1.807) is 4.52 Å². The van der Waals surface area contributed by atoms with Crippen LogP contribution in [0.5, 0.6) is 5.75 Å². The molecule has 4 rings (SSSR count). The first-order valence-electron chi connectivity index (χ1n) is 8.71. The second-order valence-corrected chi connectivity index (χ2v) is 7.32. The van der Waals surface area contributed by atoms with Crippen molar-refractivity contribution in [3.8, 4) is 17.1 Å². The van der Waals surface area contributed by atoms with E-state index in [0.29, 0.717) is 20.9 Å². The van der Waals surface area contributed by atoms with Gasteiger partial charge in [-0.1, -0.05) is 48.4 Å². The van der Waals surface area contributed by atoms with Crippen molar-refractivity contribution in [3.63, 3.8) is 0 Å². The molecule has 8 heteroatoms. The summed E-state index contributed by atoms with van der Waals surface area (Å²) in [4.78, 5) is 0.711. The number of nitrogens with zero attached hydrogens (tertiary/aromatic N) is 4. The monoisotopic (exact) mass is 399 g/mol. The molecule has 0 amide bonds. The van der Waals surface area contributed by atoms with Crippen molar-refractivity contribution < 1.29 is 4.74 Å². The summed E-state index contributed by atoms with van der Waals surface area (Å²) in [6.07, 6.45) is 2.16. The van der Waals surface area contributed by atoms with Crippen LogP contribution in [0.3, 0.4) is 0 Å². The molecule has 0 aliphatic heterocycles. The summed E-state index contributed by atoms with van der Waals surface area (Å²) < 4.78 is 7.44. The van der Waals surface area contributed by atoms with Crippen LogP contribution in [-0.2, 0) is 0 Å². The SMILES string of the molecule is CCCCOc1ccc(-c2nnc3sc(Nc4ccccc4Cl)nn23)cc1. The number of nitrogens with one attached hydrogen (secondary N) is 1. The lowest BCUT2D eigenvalue weighted by molar-refractivity contribution is 0.309. The van der Waals surface area contributed by atoms with E-state index in [9.17, 15) is 0 Å². The van der Waals surface area contributed by atoms with Crippen molar-refractivity contribution in [2.24, 2.45) is 0 Å². The van der Waals surface area contributed by atoms with Crippen LogP contribution in [0.2, 0.25) is 5.02 Å². The number of ether oxygens (including phenoxy) is 1. The van der Waals surface area contributed by atoms with Gasteiger partial charge in [0.05, 0.1) is 17.3 Å². The zero-order valence-electron chi connectivity index (χ0n) is 14.7. The van der Waals surface area contributed by atoms with Crippen molar-refractivity contribution in [2.75, 3.05) is 11.9 Å². The number of unbranched alkanes of at least 4 members (excludes halogenated alkanes) is 1. The van der Waals surface area contributed by atoms with Gasteiger partial charge in [-0.3, -0.25) is 0 Å². The minimum atomic E-state index is 0.641. The van der Waals surface area contributed by atoms with E-state index < -0.39 is 0 Å². The summed E-state index contributed by atoms with van der Waals surface area (Å²) in [7, 11) is 0. The molecule has 0 aliphatic rings. The fourth-order valence-electron chi connectivity index (χ4n) is 2.56. The maximum absolute atomic E-state index is 6.20. The molecule has 27 heavy (non-hydrogen) atoms. The highest BCUT2D eigenvalue weighted by molar-refractivity contribution is 7.20. The molecule has 2 aromatic heterocycles. The van der Waals surface area contributed by atoms with Crippen molar-refractivity contribution in [3.05, 3.63) is 53.6 Å². The summed E-state index contributed by atoms with van der Waals surface area (Å²) in [5, 5.41) is 17.6.